The second-order valence-corrected chi connectivity index (χ2v) is 5.55. The van der Waals surface area contributed by atoms with Crippen LogP contribution in [0.4, 0.5) is 0 Å². The fourth-order valence-corrected chi connectivity index (χ4v) is 2.51. The Hall–Kier alpha value is -3.61. The smallest absolute Gasteiger partial charge is 0.351 e. The van der Waals surface area contributed by atoms with Gasteiger partial charge in [-0.2, -0.15) is 0 Å². The zero-order valence-corrected chi connectivity index (χ0v) is 14.7. The van der Waals surface area contributed by atoms with Gasteiger partial charge in [0.25, 0.3) is 0 Å². The van der Waals surface area contributed by atoms with Crippen molar-refractivity contribution in [1.29, 1.82) is 0 Å². The van der Waals surface area contributed by atoms with Crippen molar-refractivity contribution in [1.82, 2.24) is 0 Å². The summed E-state index contributed by atoms with van der Waals surface area (Å²) in [5, 5.41) is 0.579. The normalized spacial score (nSPS) is 10.4. The minimum atomic E-state index is -0.927. The Morgan fingerprint density at radius 1 is 0.963 bits per heavy atom. The molecule has 0 bridgehead atoms. The summed E-state index contributed by atoms with van der Waals surface area (Å²) in [5.41, 5.74) is -0.447. The van der Waals surface area contributed by atoms with Crippen molar-refractivity contribution in [2.45, 2.75) is 0 Å². The minimum absolute atomic E-state index is 0.270. The standard InChI is InChI=1S/C20H16O7/c1-24-17-8-7-12(10-18(17)25-2)15(21)11-26-19(22)14-9-13-5-3-4-6-16(13)27-20(14)23/h3-10H,11H2,1-2H3. The van der Waals surface area contributed by atoms with E-state index < -0.39 is 24.0 Å². The van der Waals surface area contributed by atoms with Crippen LogP contribution in [0.5, 0.6) is 11.5 Å². The Labute approximate surface area is 154 Å². The lowest BCUT2D eigenvalue weighted by molar-refractivity contribution is 0.0470. The average Bonchev–Trinajstić information content (AvgIpc) is 2.70. The predicted molar refractivity (Wildman–Crippen MR) is 96.6 cm³/mol. The van der Waals surface area contributed by atoms with Gasteiger partial charge in [0.05, 0.1) is 14.2 Å². The van der Waals surface area contributed by atoms with E-state index in [0.717, 1.165) is 0 Å². The quantitative estimate of drug-likeness (QED) is 0.375. The molecule has 7 nitrogen and oxygen atoms in total. The van der Waals surface area contributed by atoms with E-state index in [0.29, 0.717) is 22.5 Å². The first kappa shape index (κ1) is 18.2. The highest BCUT2D eigenvalue weighted by atomic mass is 16.5. The van der Waals surface area contributed by atoms with Gasteiger partial charge in [-0.05, 0) is 30.3 Å². The van der Waals surface area contributed by atoms with Gasteiger partial charge in [0.2, 0.25) is 0 Å². The SMILES string of the molecule is COc1ccc(C(=O)COC(=O)c2cc3ccccc3oc2=O)cc1OC. The van der Waals surface area contributed by atoms with Crippen molar-refractivity contribution in [3.63, 3.8) is 0 Å². The third kappa shape index (κ3) is 3.82. The lowest BCUT2D eigenvalue weighted by atomic mass is 10.1. The number of ether oxygens (including phenoxy) is 3. The van der Waals surface area contributed by atoms with E-state index >= 15 is 0 Å². The second-order valence-electron chi connectivity index (χ2n) is 5.55. The summed E-state index contributed by atoms with van der Waals surface area (Å²) in [7, 11) is 2.93. The van der Waals surface area contributed by atoms with Crippen LogP contribution in [0.1, 0.15) is 20.7 Å². The fraction of sp³-hybridized carbons (Fsp3) is 0.150. The zero-order chi connectivity index (χ0) is 19.4. The number of hydrogen-bond donors (Lipinski definition) is 0. The van der Waals surface area contributed by atoms with E-state index in [1.165, 1.54) is 32.4 Å². The molecule has 0 aliphatic heterocycles. The molecule has 0 saturated heterocycles. The molecule has 1 aromatic heterocycles. The number of ketones is 1. The van der Waals surface area contributed by atoms with Crippen molar-refractivity contribution in [2.24, 2.45) is 0 Å². The Morgan fingerprint density at radius 2 is 1.70 bits per heavy atom. The molecule has 0 N–H and O–H groups in total. The van der Waals surface area contributed by atoms with Crippen LogP contribution in [0.3, 0.4) is 0 Å². The van der Waals surface area contributed by atoms with Crippen molar-refractivity contribution in [3.8, 4) is 11.5 Å². The maximum absolute atomic E-state index is 12.3. The van der Waals surface area contributed by atoms with E-state index in [1.807, 2.05) is 0 Å². The molecule has 0 spiro atoms. The molecule has 138 valence electrons. The van der Waals surface area contributed by atoms with Crippen LogP contribution in [0.25, 0.3) is 11.0 Å². The molecule has 7 heteroatoms. The average molecular weight is 368 g/mol. The summed E-state index contributed by atoms with van der Waals surface area (Å²) in [6.07, 6.45) is 0. The number of carbonyl (C=O) groups is 2. The van der Waals surface area contributed by atoms with Gasteiger partial charge in [-0.3, -0.25) is 4.79 Å². The van der Waals surface area contributed by atoms with Crippen molar-refractivity contribution < 1.29 is 28.2 Å². The van der Waals surface area contributed by atoms with Crippen LogP contribution >= 0.6 is 0 Å². The van der Waals surface area contributed by atoms with Gasteiger partial charge in [-0.15, -0.1) is 0 Å². The molecule has 1 heterocycles. The third-order valence-corrected chi connectivity index (χ3v) is 3.90. The maximum atomic E-state index is 12.3. The minimum Gasteiger partial charge on any atom is -0.493 e. The number of rotatable bonds is 6. The fourth-order valence-electron chi connectivity index (χ4n) is 2.51. The molecule has 3 aromatic rings. The van der Waals surface area contributed by atoms with E-state index in [-0.39, 0.29) is 11.1 Å². The molecule has 2 aromatic carbocycles. The molecule has 3 rings (SSSR count). The summed E-state index contributed by atoms with van der Waals surface area (Å²) in [5.74, 6) is -0.525. The Morgan fingerprint density at radius 3 is 2.44 bits per heavy atom. The summed E-state index contributed by atoms with van der Waals surface area (Å²) < 4.78 is 20.3. The Kier molecular flexibility index (Phi) is 5.21. The first-order chi connectivity index (χ1) is 13.0. The number of carbonyl (C=O) groups excluding carboxylic acids is 2. The molecule has 0 amide bonds. The molecule has 0 radical (unpaired) electrons. The monoisotopic (exact) mass is 368 g/mol. The number of fused-ring (bicyclic) bond motifs is 1. The first-order valence-corrected chi connectivity index (χ1v) is 7.98. The number of hydrogen-bond acceptors (Lipinski definition) is 7. The van der Waals surface area contributed by atoms with Crippen LogP contribution in [0.2, 0.25) is 0 Å². The molecule has 0 aliphatic rings. The van der Waals surface area contributed by atoms with Gasteiger partial charge in [-0.25, -0.2) is 9.59 Å². The summed E-state index contributed by atoms with van der Waals surface area (Å²) >= 11 is 0. The molecule has 0 unspecified atom stereocenters. The Bertz CT molecular complexity index is 1070. The topological polar surface area (TPSA) is 92.0 Å². The predicted octanol–water partition coefficient (Wildman–Crippen LogP) is 2.85. The summed E-state index contributed by atoms with van der Waals surface area (Å²) in [4.78, 5) is 36.4. The summed E-state index contributed by atoms with van der Waals surface area (Å²) in [6.45, 7) is -0.527. The lowest BCUT2D eigenvalue weighted by Gasteiger charge is -2.09. The van der Waals surface area contributed by atoms with E-state index in [9.17, 15) is 14.4 Å². The summed E-state index contributed by atoms with van der Waals surface area (Å²) in [6, 6.07) is 12.7. The molecule has 0 fully saturated rings. The molecular formula is C20H16O7. The van der Waals surface area contributed by atoms with E-state index in [2.05, 4.69) is 0 Å². The first-order valence-electron chi connectivity index (χ1n) is 7.98. The van der Waals surface area contributed by atoms with Crippen LogP contribution in [0.15, 0.2) is 57.7 Å². The molecule has 0 atom stereocenters. The van der Waals surface area contributed by atoms with Crippen molar-refractivity contribution >= 4 is 22.7 Å². The van der Waals surface area contributed by atoms with Gasteiger partial charge in [0.1, 0.15) is 11.1 Å². The van der Waals surface area contributed by atoms with Crippen LogP contribution in [0, 0.1) is 0 Å². The number of para-hydroxylation sites is 1. The molecule has 27 heavy (non-hydrogen) atoms. The number of methoxy groups -OCH3 is 2. The Balaban J connectivity index is 1.75. The highest BCUT2D eigenvalue weighted by Gasteiger charge is 2.18. The third-order valence-electron chi connectivity index (χ3n) is 3.90. The van der Waals surface area contributed by atoms with Gasteiger partial charge < -0.3 is 18.6 Å². The van der Waals surface area contributed by atoms with Gasteiger partial charge in [0, 0.05) is 10.9 Å². The number of esters is 1. The van der Waals surface area contributed by atoms with Gasteiger partial charge >= 0.3 is 11.6 Å². The van der Waals surface area contributed by atoms with Crippen LogP contribution in [-0.4, -0.2) is 32.6 Å². The van der Waals surface area contributed by atoms with Gasteiger partial charge in [-0.1, -0.05) is 18.2 Å². The molecule has 0 saturated carbocycles. The molecular weight excluding hydrogens is 352 g/mol. The van der Waals surface area contributed by atoms with Crippen LogP contribution < -0.4 is 15.1 Å². The van der Waals surface area contributed by atoms with Crippen molar-refractivity contribution in [2.75, 3.05) is 20.8 Å². The van der Waals surface area contributed by atoms with E-state index in [1.54, 1.807) is 30.3 Å². The highest BCUT2D eigenvalue weighted by Crippen LogP contribution is 2.27. The highest BCUT2D eigenvalue weighted by molar-refractivity contribution is 6.00. The lowest BCUT2D eigenvalue weighted by Crippen LogP contribution is -2.20. The van der Waals surface area contributed by atoms with Gasteiger partial charge in [0.15, 0.2) is 23.9 Å². The number of Topliss-reactive ketones (excluding diaryl/α,β-unsaturated/α-hetero) is 1. The number of benzene rings is 2. The van der Waals surface area contributed by atoms with Crippen molar-refractivity contribution in [3.05, 3.63) is 70.1 Å². The van der Waals surface area contributed by atoms with E-state index in [4.69, 9.17) is 18.6 Å². The second kappa shape index (κ2) is 7.74. The largest absolute Gasteiger partial charge is 0.493 e. The maximum Gasteiger partial charge on any atom is 0.351 e. The molecule has 0 aliphatic carbocycles. The zero-order valence-electron chi connectivity index (χ0n) is 14.7. The van der Waals surface area contributed by atoms with Crippen LogP contribution in [-0.2, 0) is 4.74 Å².